The van der Waals surface area contributed by atoms with Crippen molar-refractivity contribution in [2.75, 3.05) is 14.2 Å². The minimum Gasteiger partial charge on any atom is -0.468 e. The minimum atomic E-state index is -0.685. The maximum atomic E-state index is 10.7. The van der Waals surface area contributed by atoms with E-state index in [0.717, 1.165) is 0 Å². The van der Waals surface area contributed by atoms with Crippen LogP contribution in [0, 0.1) is 0 Å². The van der Waals surface area contributed by atoms with Crippen LogP contribution in [0.4, 0.5) is 0 Å². The summed E-state index contributed by atoms with van der Waals surface area (Å²) in [5, 5.41) is 0. The van der Waals surface area contributed by atoms with E-state index in [9.17, 15) is 4.79 Å². The third-order valence-corrected chi connectivity index (χ3v) is 1.35. The summed E-state index contributed by atoms with van der Waals surface area (Å²) < 4.78 is 9.20. The SMILES string of the molecule is COC(=O)[C@@H](N)[C@@H](C)OC. The third-order valence-electron chi connectivity index (χ3n) is 1.35. The van der Waals surface area contributed by atoms with E-state index in [1.54, 1.807) is 6.92 Å². The van der Waals surface area contributed by atoms with E-state index < -0.39 is 12.0 Å². The molecule has 2 atom stereocenters. The minimum absolute atomic E-state index is 0.299. The monoisotopic (exact) mass is 147 g/mol. The quantitative estimate of drug-likeness (QED) is 0.548. The molecule has 0 aliphatic heterocycles. The molecule has 4 heteroatoms. The third kappa shape index (κ3) is 2.33. The molecule has 0 aromatic carbocycles. The van der Waals surface area contributed by atoms with Gasteiger partial charge in [-0.2, -0.15) is 0 Å². The van der Waals surface area contributed by atoms with Crippen LogP contribution in [0.5, 0.6) is 0 Å². The molecule has 0 saturated heterocycles. The molecule has 0 unspecified atom stereocenters. The van der Waals surface area contributed by atoms with Crippen molar-refractivity contribution in [3.63, 3.8) is 0 Å². The van der Waals surface area contributed by atoms with Crippen LogP contribution in [0.15, 0.2) is 0 Å². The lowest BCUT2D eigenvalue weighted by atomic mass is 10.2. The van der Waals surface area contributed by atoms with E-state index in [1.165, 1.54) is 14.2 Å². The number of ether oxygens (including phenoxy) is 2. The molecule has 0 amide bonds. The van der Waals surface area contributed by atoms with Crippen LogP contribution in [0.3, 0.4) is 0 Å². The van der Waals surface area contributed by atoms with E-state index in [4.69, 9.17) is 10.5 Å². The molecule has 60 valence electrons. The average molecular weight is 147 g/mol. The van der Waals surface area contributed by atoms with Crippen molar-refractivity contribution in [3.05, 3.63) is 0 Å². The van der Waals surface area contributed by atoms with Crippen LogP contribution in [0.1, 0.15) is 6.92 Å². The van der Waals surface area contributed by atoms with E-state index >= 15 is 0 Å². The summed E-state index contributed by atoms with van der Waals surface area (Å²) in [6.45, 7) is 1.71. The Morgan fingerprint density at radius 2 is 2.00 bits per heavy atom. The Morgan fingerprint density at radius 3 is 2.30 bits per heavy atom. The Balaban J connectivity index is 3.81. The molecular weight excluding hydrogens is 134 g/mol. The van der Waals surface area contributed by atoms with Crippen LogP contribution in [-0.2, 0) is 14.3 Å². The number of hydrogen-bond acceptors (Lipinski definition) is 4. The van der Waals surface area contributed by atoms with E-state index in [2.05, 4.69) is 4.74 Å². The zero-order valence-electron chi connectivity index (χ0n) is 6.46. The molecule has 0 heterocycles. The lowest BCUT2D eigenvalue weighted by molar-refractivity contribution is -0.145. The number of methoxy groups -OCH3 is 2. The van der Waals surface area contributed by atoms with Gasteiger partial charge in [-0.15, -0.1) is 0 Å². The maximum Gasteiger partial charge on any atom is 0.325 e. The molecule has 10 heavy (non-hydrogen) atoms. The number of carbonyl (C=O) groups excluding carboxylic acids is 1. The summed E-state index contributed by atoms with van der Waals surface area (Å²) in [5.41, 5.74) is 5.38. The number of hydrogen-bond donors (Lipinski definition) is 1. The molecule has 4 nitrogen and oxygen atoms in total. The first-order valence-electron chi connectivity index (χ1n) is 2.99. The molecule has 0 bridgehead atoms. The molecule has 0 saturated carbocycles. The normalized spacial score (nSPS) is 16.0. The fourth-order valence-corrected chi connectivity index (χ4v) is 0.474. The van der Waals surface area contributed by atoms with Crippen molar-refractivity contribution in [2.24, 2.45) is 5.73 Å². The number of nitrogens with two attached hydrogens (primary N) is 1. The van der Waals surface area contributed by atoms with E-state index in [-0.39, 0.29) is 6.10 Å². The van der Waals surface area contributed by atoms with Gasteiger partial charge in [-0.3, -0.25) is 4.79 Å². The summed E-state index contributed by atoms with van der Waals surface area (Å²) in [5.74, 6) is -0.450. The highest BCUT2D eigenvalue weighted by Gasteiger charge is 2.20. The summed E-state index contributed by atoms with van der Waals surface area (Å²) in [7, 11) is 2.79. The summed E-state index contributed by atoms with van der Waals surface area (Å²) in [6, 6.07) is -0.685. The lowest BCUT2D eigenvalue weighted by Gasteiger charge is -2.15. The first-order valence-corrected chi connectivity index (χ1v) is 2.99. The summed E-state index contributed by atoms with van der Waals surface area (Å²) in [4.78, 5) is 10.7. The molecule has 2 N–H and O–H groups in total. The maximum absolute atomic E-state index is 10.7. The van der Waals surface area contributed by atoms with Crippen molar-refractivity contribution >= 4 is 5.97 Å². The average Bonchev–Trinajstić information content (AvgIpc) is 2.00. The zero-order valence-corrected chi connectivity index (χ0v) is 6.46. The van der Waals surface area contributed by atoms with Crippen molar-refractivity contribution < 1.29 is 14.3 Å². The fourth-order valence-electron chi connectivity index (χ4n) is 0.474. The van der Waals surface area contributed by atoms with Gasteiger partial charge in [0.1, 0.15) is 6.04 Å². The molecule has 0 aliphatic rings. The van der Waals surface area contributed by atoms with Gasteiger partial charge >= 0.3 is 5.97 Å². The summed E-state index contributed by atoms with van der Waals surface area (Å²) in [6.07, 6.45) is -0.299. The predicted octanol–water partition coefficient (Wildman–Crippen LogP) is -0.478. The van der Waals surface area contributed by atoms with Gasteiger partial charge in [-0.25, -0.2) is 0 Å². The van der Waals surface area contributed by atoms with Crippen LogP contribution in [-0.4, -0.2) is 32.3 Å². The molecule has 0 spiro atoms. The first kappa shape index (κ1) is 9.39. The Morgan fingerprint density at radius 1 is 1.50 bits per heavy atom. The zero-order chi connectivity index (χ0) is 8.15. The van der Waals surface area contributed by atoms with E-state index in [0.29, 0.717) is 0 Å². The lowest BCUT2D eigenvalue weighted by Crippen LogP contribution is -2.41. The van der Waals surface area contributed by atoms with Crippen molar-refractivity contribution in [1.29, 1.82) is 0 Å². The van der Waals surface area contributed by atoms with Gasteiger partial charge in [-0.1, -0.05) is 0 Å². The fraction of sp³-hybridized carbons (Fsp3) is 0.833. The molecular formula is C6H13NO3. The van der Waals surface area contributed by atoms with Gasteiger partial charge < -0.3 is 15.2 Å². The van der Waals surface area contributed by atoms with Gasteiger partial charge in [-0.05, 0) is 6.92 Å². The second kappa shape index (κ2) is 4.24. The van der Waals surface area contributed by atoms with Gasteiger partial charge in [0.05, 0.1) is 13.2 Å². The van der Waals surface area contributed by atoms with Crippen LogP contribution in [0.2, 0.25) is 0 Å². The molecule has 0 radical (unpaired) electrons. The van der Waals surface area contributed by atoms with Gasteiger partial charge in [0, 0.05) is 7.11 Å². The van der Waals surface area contributed by atoms with E-state index in [1.807, 2.05) is 0 Å². The molecule has 0 fully saturated rings. The number of esters is 1. The van der Waals surface area contributed by atoms with Crippen LogP contribution in [0.25, 0.3) is 0 Å². The number of carbonyl (C=O) groups is 1. The Hall–Kier alpha value is -0.610. The van der Waals surface area contributed by atoms with Gasteiger partial charge in [0.15, 0.2) is 0 Å². The summed E-state index contributed by atoms with van der Waals surface area (Å²) >= 11 is 0. The van der Waals surface area contributed by atoms with Crippen LogP contribution < -0.4 is 5.73 Å². The smallest absolute Gasteiger partial charge is 0.325 e. The topological polar surface area (TPSA) is 61.5 Å². The van der Waals surface area contributed by atoms with Gasteiger partial charge in [0.25, 0.3) is 0 Å². The van der Waals surface area contributed by atoms with Crippen molar-refractivity contribution in [3.8, 4) is 0 Å². The highest BCUT2D eigenvalue weighted by molar-refractivity contribution is 5.75. The predicted molar refractivity (Wildman–Crippen MR) is 36.5 cm³/mol. The molecule has 0 aromatic heterocycles. The largest absolute Gasteiger partial charge is 0.468 e. The second-order valence-electron chi connectivity index (χ2n) is 1.99. The van der Waals surface area contributed by atoms with Crippen molar-refractivity contribution in [2.45, 2.75) is 19.1 Å². The van der Waals surface area contributed by atoms with Crippen molar-refractivity contribution in [1.82, 2.24) is 0 Å². The first-order chi connectivity index (χ1) is 4.63. The Bertz CT molecular complexity index is 116. The second-order valence-corrected chi connectivity index (χ2v) is 1.99. The van der Waals surface area contributed by atoms with Crippen LogP contribution >= 0.6 is 0 Å². The molecule has 0 aliphatic carbocycles. The standard InChI is InChI=1S/C6H13NO3/c1-4(9-2)5(7)6(8)10-3/h4-5H,7H2,1-3H3/t4-,5+/m1/s1. The molecule has 0 rings (SSSR count). The Kier molecular flexibility index (Phi) is 3.99. The Labute approximate surface area is 60.3 Å². The molecule has 0 aromatic rings. The number of rotatable bonds is 3. The highest BCUT2D eigenvalue weighted by Crippen LogP contribution is 1.95. The highest BCUT2D eigenvalue weighted by atomic mass is 16.5. The van der Waals surface area contributed by atoms with Gasteiger partial charge in [0.2, 0.25) is 0 Å².